The number of aromatic nitrogens is 1. The number of azo groups is 1. The molecule has 0 fully saturated rings. The summed E-state index contributed by atoms with van der Waals surface area (Å²) in [5.74, 6) is 0.667. The summed E-state index contributed by atoms with van der Waals surface area (Å²) < 4.78 is 0. The Morgan fingerprint density at radius 2 is 1.68 bits per heavy atom. The molecule has 0 radical (unpaired) electrons. The van der Waals surface area contributed by atoms with Crippen LogP contribution in [0.4, 0.5) is 11.5 Å². The summed E-state index contributed by atoms with van der Waals surface area (Å²) in [6, 6.07) is 15.1. The quantitative estimate of drug-likeness (QED) is 0.617. The first-order chi connectivity index (χ1) is 10.8. The Labute approximate surface area is 130 Å². The fourth-order valence-corrected chi connectivity index (χ4v) is 2.07. The maximum absolute atomic E-state index is 10.2. The Kier molecular flexibility index (Phi) is 5.20. The lowest BCUT2D eigenvalue weighted by molar-refractivity contribution is 0.473. The van der Waals surface area contributed by atoms with Crippen LogP contribution in [0.25, 0.3) is 10.8 Å². The first kappa shape index (κ1) is 15.6. The molecule has 0 aliphatic rings. The van der Waals surface area contributed by atoms with Crippen LogP contribution in [0.3, 0.4) is 0 Å². The van der Waals surface area contributed by atoms with Crippen molar-refractivity contribution in [2.24, 2.45) is 10.2 Å². The molecule has 1 N–H and O–H groups in total. The Bertz CT molecular complexity index is 783. The van der Waals surface area contributed by atoms with Crippen molar-refractivity contribution in [3.05, 3.63) is 60.3 Å². The highest BCUT2D eigenvalue weighted by Gasteiger charge is 2.09. The predicted octanol–water partition coefficient (Wildman–Crippen LogP) is 5.69. The highest BCUT2D eigenvalue weighted by molar-refractivity contribution is 5.96. The van der Waals surface area contributed by atoms with Crippen LogP contribution in [0.2, 0.25) is 0 Å². The van der Waals surface area contributed by atoms with E-state index in [4.69, 9.17) is 0 Å². The van der Waals surface area contributed by atoms with Crippen molar-refractivity contribution in [3.63, 3.8) is 0 Å². The molecule has 0 aliphatic carbocycles. The van der Waals surface area contributed by atoms with Crippen molar-refractivity contribution in [2.75, 3.05) is 0 Å². The molecule has 1 aromatic heterocycles. The maximum Gasteiger partial charge on any atom is 0.174 e. The first-order valence-electron chi connectivity index (χ1n) is 7.30. The number of fused-ring (bicyclic) bond motifs is 1. The minimum Gasteiger partial charge on any atom is -0.505 e. The Morgan fingerprint density at radius 1 is 0.955 bits per heavy atom. The number of phenols is 1. The number of nitrogens with zero attached hydrogens (tertiary/aromatic N) is 3. The van der Waals surface area contributed by atoms with E-state index in [9.17, 15) is 5.11 Å². The topological polar surface area (TPSA) is 57.8 Å². The molecule has 0 unspecified atom stereocenters. The van der Waals surface area contributed by atoms with Crippen LogP contribution >= 0.6 is 0 Å². The van der Waals surface area contributed by atoms with Crippen molar-refractivity contribution in [1.29, 1.82) is 0 Å². The van der Waals surface area contributed by atoms with Crippen LogP contribution in [0, 0.1) is 6.92 Å². The number of pyridine rings is 1. The molecule has 0 saturated heterocycles. The number of aromatic hydroxyl groups is 1. The second-order valence-corrected chi connectivity index (χ2v) is 4.50. The third kappa shape index (κ3) is 3.28. The van der Waals surface area contributed by atoms with Gasteiger partial charge in [-0.25, -0.2) is 4.98 Å². The third-order valence-electron chi connectivity index (χ3n) is 3.09. The van der Waals surface area contributed by atoms with E-state index in [0.29, 0.717) is 11.5 Å². The van der Waals surface area contributed by atoms with Crippen LogP contribution in [-0.4, -0.2) is 10.1 Å². The lowest BCUT2D eigenvalue weighted by Gasteiger charge is -2.06. The molecule has 0 spiro atoms. The molecule has 0 atom stereocenters. The normalized spacial score (nSPS) is 10.5. The SMILES string of the molecule is CC.Cc1cc2ccccc2c(N=Nc2ccccn2)c1O. The summed E-state index contributed by atoms with van der Waals surface area (Å²) in [6.45, 7) is 5.85. The smallest absolute Gasteiger partial charge is 0.174 e. The van der Waals surface area contributed by atoms with Gasteiger partial charge < -0.3 is 5.11 Å². The molecule has 4 nitrogen and oxygen atoms in total. The summed E-state index contributed by atoms with van der Waals surface area (Å²) in [6.07, 6.45) is 1.66. The van der Waals surface area contributed by atoms with Crippen LogP contribution in [0.15, 0.2) is 65.0 Å². The van der Waals surface area contributed by atoms with Gasteiger partial charge in [0.1, 0.15) is 11.4 Å². The van der Waals surface area contributed by atoms with Gasteiger partial charge in [-0.15, -0.1) is 10.2 Å². The van der Waals surface area contributed by atoms with Crippen molar-refractivity contribution < 1.29 is 5.11 Å². The van der Waals surface area contributed by atoms with E-state index in [1.165, 1.54) is 0 Å². The minimum atomic E-state index is 0.156. The molecule has 1 heterocycles. The summed E-state index contributed by atoms with van der Waals surface area (Å²) in [5.41, 5.74) is 1.25. The van der Waals surface area contributed by atoms with Gasteiger partial charge in [-0.2, -0.15) is 0 Å². The largest absolute Gasteiger partial charge is 0.505 e. The number of hydrogen-bond acceptors (Lipinski definition) is 4. The van der Waals surface area contributed by atoms with Crippen molar-refractivity contribution in [1.82, 2.24) is 4.98 Å². The van der Waals surface area contributed by atoms with Gasteiger partial charge in [-0.3, -0.25) is 0 Å². The summed E-state index contributed by atoms with van der Waals surface area (Å²) in [4.78, 5) is 4.08. The third-order valence-corrected chi connectivity index (χ3v) is 3.09. The monoisotopic (exact) mass is 293 g/mol. The van der Waals surface area contributed by atoms with E-state index in [2.05, 4.69) is 15.2 Å². The number of aryl methyl sites for hydroxylation is 1. The molecule has 0 bridgehead atoms. The van der Waals surface area contributed by atoms with Gasteiger partial charge in [0.25, 0.3) is 0 Å². The van der Waals surface area contributed by atoms with Gasteiger partial charge in [0, 0.05) is 11.6 Å². The molecule has 2 aromatic carbocycles. The highest BCUT2D eigenvalue weighted by Crippen LogP contribution is 2.38. The minimum absolute atomic E-state index is 0.156. The van der Waals surface area contributed by atoms with Crippen molar-refractivity contribution >= 4 is 22.3 Å². The van der Waals surface area contributed by atoms with E-state index in [1.807, 2.05) is 63.2 Å². The highest BCUT2D eigenvalue weighted by atomic mass is 16.3. The number of rotatable bonds is 2. The Morgan fingerprint density at radius 3 is 2.41 bits per heavy atom. The van der Waals surface area contributed by atoms with E-state index < -0.39 is 0 Å². The summed E-state index contributed by atoms with van der Waals surface area (Å²) >= 11 is 0. The fourth-order valence-electron chi connectivity index (χ4n) is 2.07. The molecule has 0 amide bonds. The van der Waals surface area contributed by atoms with Gasteiger partial charge in [-0.05, 0) is 36.1 Å². The number of phenolic OH excluding ortho intramolecular Hbond substituents is 1. The van der Waals surface area contributed by atoms with E-state index in [0.717, 1.165) is 16.3 Å². The molecular weight excluding hydrogens is 274 g/mol. The molecule has 0 aliphatic heterocycles. The Balaban J connectivity index is 0.000000847. The molecule has 22 heavy (non-hydrogen) atoms. The van der Waals surface area contributed by atoms with Crippen LogP contribution in [0.5, 0.6) is 5.75 Å². The molecule has 112 valence electrons. The number of benzene rings is 2. The molecular formula is C18H19N3O. The second-order valence-electron chi connectivity index (χ2n) is 4.50. The average Bonchev–Trinajstić information content (AvgIpc) is 2.58. The predicted molar refractivity (Wildman–Crippen MR) is 90.1 cm³/mol. The second kappa shape index (κ2) is 7.31. The number of hydrogen-bond donors (Lipinski definition) is 1. The zero-order valence-corrected chi connectivity index (χ0v) is 13.0. The lowest BCUT2D eigenvalue weighted by Crippen LogP contribution is -1.80. The Hall–Kier alpha value is -2.75. The zero-order chi connectivity index (χ0) is 15.9. The van der Waals surface area contributed by atoms with E-state index in [-0.39, 0.29) is 5.75 Å². The van der Waals surface area contributed by atoms with Crippen molar-refractivity contribution in [2.45, 2.75) is 20.8 Å². The first-order valence-corrected chi connectivity index (χ1v) is 7.30. The summed E-state index contributed by atoms with van der Waals surface area (Å²) in [5, 5.41) is 20.4. The van der Waals surface area contributed by atoms with E-state index in [1.54, 1.807) is 12.3 Å². The molecule has 4 heteroatoms. The van der Waals surface area contributed by atoms with Crippen molar-refractivity contribution in [3.8, 4) is 5.75 Å². The molecule has 0 saturated carbocycles. The maximum atomic E-state index is 10.2. The van der Waals surface area contributed by atoms with Gasteiger partial charge in [0.2, 0.25) is 0 Å². The fraction of sp³-hybridized carbons (Fsp3) is 0.167. The average molecular weight is 293 g/mol. The van der Waals surface area contributed by atoms with Crippen LogP contribution in [0.1, 0.15) is 19.4 Å². The molecule has 3 rings (SSSR count). The van der Waals surface area contributed by atoms with Gasteiger partial charge in [-0.1, -0.05) is 44.2 Å². The zero-order valence-electron chi connectivity index (χ0n) is 13.0. The lowest BCUT2D eigenvalue weighted by atomic mass is 10.0. The van der Waals surface area contributed by atoms with Gasteiger partial charge in [0.05, 0.1) is 0 Å². The van der Waals surface area contributed by atoms with Crippen LogP contribution in [-0.2, 0) is 0 Å². The summed E-state index contributed by atoms with van der Waals surface area (Å²) in [7, 11) is 0. The van der Waals surface area contributed by atoms with E-state index >= 15 is 0 Å². The van der Waals surface area contributed by atoms with Gasteiger partial charge >= 0.3 is 0 Å². The molecule has 3 aromatic rings. The van der Waals surface area contributed by atoms with Gasteiger partial charge in [0.15, 0.2) is 5.82 Å². The standard InChI is InChI=1S/C16H13N3O.C2H6/c1-11-10-12-6-2-3-7-13(12)15(16(11)20)19-18-14-8-4-5-9-17-14;1-2/h2-10,20H,1H3;1-2H3. The van der Waals surface area contributed by atoms with Crippen LogP contribution < -0.4 is 0 Å².